The molecule has 0 saturated heterocycles. The van der Waals surface area contributed by atoms with E-state index in [9.17, 15) is 9.50 Å². The molecule has 0 bridgehead atoms. The zero-order valence-electron chi connectivity index (χ0n) is 11.0. The third kappa shape index (κ3) is 2.84. The maximum atomic E-state index is 13.1. The molecule has 0 aliphatic carbocycles. The number of nitrogen functional groups attached to an aromatic ring is 1. The van der Waals surface area contributed by atoms with Gasteiger partial charge in [0.05, 0.1) is 5.69 Å². The predicted molar refractivity (Wildman–Crippen MR) is 75.0 cm³/mol. The van der Waals surface area contributed by atoms with Gasteiger partial charge in [-0.2, -0.15) is 4.98 Å². The van der Waals surface area contributed by atoms with Gasteiger partial charge < -0.3 is 15.4 Å². The van der Waals surface area contributed by atoms with Gasteiger partial charge in [0.1, 0.15) is 11.6 Å². The molecule has 5 nitrogen and oxygen atoms in total. The van der Waals surface area contributed by atoms with Crippen LogP contribution in [0.2, 0.25) is 0 Å². The molecule has 0 aliphatic rings. The van der Waals surface area contributed by atoms with Crippen LogP contribution in [-0.2, 0) is 6.42 Å². The molecule has 0 atom stereocenters. The molecule has 3 aromatic rings. The van der Waals surface area contributed by atoms with Crippen LogP contribution in [0.4, 0.5) is 10.1 Å². The number of nitrogens with two attached hydrogens (primary N) is 1. The summed E-state index contributed by atoms with van der Waals surface area (Å²) in [6.07, 6.45) is 0.363. The van der Waals surface area contributed by atoms with Gasteiger partial charge in [-0.1, -0.05) is 17.3 Å². The monoisotopic (exact) mass is 285 g/mol. The molecule has 6 heteroatoms. The molecule has 1 heterocycles. The van der Waals surface area contributed by atoms with E-state index in [-0.39, 0.29) is 23.1 Å². The highest BCUT2D eigenvalue weighted by molar-refractivity contribution is 5.63. The van der Waals surface area contributed by atoms with Gasteiger partial charge in [-0.3, -0.25) is 0 Å². The first-order valence-electron chi connectivity index (χ1n) is 6.28. The first kappa shape index (κ1) is 13.1. The second-order valence-corrected chi connectivity index (χ2v) is 4.60. The fourth-order valence-corrected chi connectivity index (χ4v) is 1.95. The van der Waals surface area contributed by atoms with Crippen LogP contribution in [0.3, 0.4) is 0 Å². The van der Waals surface area contributed by atoms with Crippen molar-refractivity contribution in [1.82, 2.24) is 10.1 Å². The maximum absolute atomic E-state index is 13.1. The molecule has 0 unspecified atom stereocenters. The Morgan fingerprint density at radius 3 is 2.81 bits per heavy atom. The van der Waals surface area contributed by atoms with Crippen molar-refractivity contribution in [3.05, 3.63) is 59.7 Å². The Balaban J connectivity index is 1.84. The van der Waals surface area contributed by atoms with E-state index in [0.717, 1.165) is 5.56 Å². The number of phenols is 1. The zero-order valence-corrected chi connectivity index (χ0v) is 11.0. The van der Waals surface area contributed by atoms with Crippen LogP contribution < -0.4 is 5.73 Å². The highest BCUT2D eigenvalue weighted by atomic mass is 19.1. The number of hydrogen-bond acceptors (Lipinski definition) is 5. The Bertz CT molecular complexity index is 786. The predicted octanol–water partition coefficient (Wildman–Crippen LogP) is 2.75. The lowest BCUT2D eigenvalue weighted by Crippen LogP contribution is -1.91. The highest BCUT2D eigenvalue weighted by Gasteiger charge is 2.11. The minimum Gasteiger partial charge on any atom is -0.506 e. The molecule has 0 spiro atoms. The third-order valence-electron chi connectivity index (χ3n) is 3.00. The first-order chi connectivity index (χ1) is 10.1. The quantitative estimate of drug-likeness (QED) is 0.571. The number of aromatic hydroxyl groups is 1. The molecule has 21 heavy (non-hydrogen) atoms. The van der Waals surface area contributed by atoms with E-state index >= 15 is 0 Å². The summed E-state index contributed by atoms with van der Waals surface area (Å²) in [5.41, 5.74) is 7.13. The molecular weight excluding hydrogens is 273 g/mol. The standard InChI is InChI=1S/C15H12FN3O2/c16-11-3-1-2-9(6-11)7-14-18-15(21-19-14)10-4-5-12(17)13(20)8-10/h1-6,8,20H,7,17H2. The number of phenolic OH excluding ortho intramolecular Hbond substituents is 1. The Kier molecular flexibility index (Phi) is 3.27. The summed E-state index contributed by atoms with van der Waals surface area (Å²) in [7, 11) is 0. The van der Waals surface area contributed by atoms with Crippen molar-refractivity contribution in [3.63, 3.8) is 0 Å². The minimum atomic E-state index is -0.306. The normalized spacial score (nSPS) is 10.7. The van der Waals surface area contributed by atoms with E-state index in [1.54, 1.807) is 24.3 Å². The molecule has 0 amide bonds. The number of hydrogen-bond donors (Lipinski definition) is 2. The van der Waals surface area contributed by atoms with Crippen LogP contribution in [-0.4, -0.2) is 15.2 Å². The van der Waals surface area contributed by atoms with Crippen LogP contribution in [0.15, 0.2) is 47.0 Å². The van der Waals surface area contributed by atoms with Gasteiger partial charge in [-0.15, -0.1) is 0 Å². The van der Waals surface area contributed by atoms with Crippen LogP contribution in [0.5, 0.6) is 5.75 Å². The van der Waals surface area contributed by atoms with Crippen molar-refractivity contribution in [2.75, 3.05) is 5.73 Å². The van der Waals surface area contributed by atoms with Gasteiger partial charge in [0.2, 0.25) is 0 Å². The fourth-order valence-electron chi connectivity index (χ4n) is 1.95. The Hall–Kier alpha value is -2.89. The van der Waals surface area contributed by atoms with E-state index in [1.165, 1.54) is 18.2 Å². The van der Waals surface area contributed by atoms with Crippen LogP contribution in [0.1, 0.15) is 11.4 Å². The number of aromatic nitrogens is 2. The topological polar surface area (TPSA) is 85.2 Å². The lowest BCUT2D eigenvalue weighted by Gasteiger charge is -1.99. The summed E-state index contributed by atoms with van der Waals surface area (Å²) in [6, 6.07) is 10.9. The van der Waals surface area contributed by atoms with Crippen molar-refractivity contribution in [3.8, 4) is 17.2 Å². The van der Waals surface area contributed by atoms with Crippen molar-refractivity contribution >= 4 is 5.69 Å². The van der Waals surface area contributed by atoms with E-state index < -0.39 is 0 Å². The number of rotatable bonds is 3. The third-order valence-corrected chi connectivity index (χ3v) is 3.00. The average Bonchev–Trinajstić information content (AvgIpc) is 2.90. The SMILES string of the molecule is Nc1ccc(-c2nc(Cc3cccc(F)c3)no2)cc1O. The zero-order chi connectivity index (χ0) is 14.8. The lowest BCUT2D eigenvalue weighted by molar-refractivity contribution is 0.423. The van der Waals surface area contributed by atoms with Crippen LogP contribution in [0.25, 0.3) is 11.5 Å². The molecule has 0 fully saturated rings. The molecule has 0 radical (unpaired) electrons. The second kappa shape index (κ2) is 5.24. The van der Waals surface area contributed by atoms with E-state index in [4.69, 9.17) is 10.3 Å². The summed E-state index contributed by atoms with van der Waals surface area (Å²) in [5, 5.41) is 13.4. The Labute approximate surface area is 119 Å². The minimum absolute atomic E-state index is 0.0441. The highest BCUT2D eigenvalue weighted by Crippen LogP contribution is 2.27. The average molecular weight is 285 g/mol. The summed E-state index contributed by atoms with van der Waals surface area (Å²) in [5.74, 6) is 0.362. The van der Waals surface area contributed by atoms with Gasteiger partial charge in [0, 0.05) is 12.0 Å². The molecule has 2 aromatic carbocycles. The van der Waals surface area contributed by atoms with Gasteiger partial charge >= 0.3 is 0 Å². The maximum Gasteiger partial charge on any atom is 0.258 e. The number of nitrogens with zero attached hydrogens (tertiary/aromatic N) is 2. The van der Waals surface area contributed by atoms with Crippen molar-refractivity contribution in [2.24, 2.45) is 0 Å². The lowest BCUT2D eigenvalue weighted by atomic mass is 10.1. The van der Waals surface area contributed by atoms with Gasteiger partial charge in [-0.25, -0.2) is 4.39 Å². The number of benzene rings is 2. The number of halogens is 1. The Morgan fingerprint density at radius 1 is 1.19 bits per heavy atom. The summed E-state index contributed by atoms with van der Waals surface area (Å²) < 4.78 is 18.3. The molecule has 1 aromatic heterocycles. The molecule has 3 rings (SSSR count). The van der Waals surface area contributed by atoms with Gasteiger partial charge in [-0.05, 0) is 35.9 Å². The van der Waals surface area contributed by atoms with Gasteiger partial charge in [0.15, 0.2) is 5.82 Å². The van der Waals surface area contributed by atoms with Crippen molar-refractivity contribution in [2.45, 2.75) is 6.42 Å². The Morgan fingerprint density at radius 2 is 2.05 bits per heavy atom. The van der Waals surface area contributed by atoms with E-state index in [1.807, 2.05) is 0 Å². The molecule has 0 saturated carbocycles. The summed E-state index contributed by atoms with van der Waals surface area (Å²) in [4.78, 5) is 4.22. The van der Waals surface area contributed by atoms with E-state index in [2.05, 4.69) is 10.1 Å². The van der Waals surface area contributed by atoms with Crippen molar-refractivity contribution in [1.29, 1.82) is 0 Å². The smallest absolute Gasteiger partial charge is 0.258 e. The van der Waals surface area contributed by atoms with Crippen LogP contribution in [0, 0.1) is 5.82 Å². The van der Waals surface area contributed by atoms with Crippen molar-refractivity contribution < 1.29 is 14.0 Å². The second-order valence-electron chi connectivity index (χ2n) is 4.60. The largest absolute Gasteiger partial charge is 0.506 e. The molecular formula is C15H12FN3O2. The first-order valence-corrected chi connectivity index (χ1v) is 6.28. The molecule has 0 aliphatic heterocycles. The van der Waals surface area contributed by atoms with Gasteiger partial charge in [0.25, 0.3) is 5.89 Å². The molecule has 106 valence electrons. The number of anilines is 1. The van der Waals surface area contributed by atoms with Crippen LogP contribution >= 0.6 is 0 Å². The summed E-state index contributed by atoms with van der Waals surface area (Å²) >= 11 is 0. The summed E-state index contributed by atoms with van der Waals surface area (Å²) in [6.45, 7) is 0. The fraction of sp³-hybridized carbons (Fsp3) is 0.0667. The molecule has 3 N–H and O–H groups in total. The van der Waals surface area contributed by atoms with E-state index in [0.29, 0.717) is 17.8 Å².